The van der Waals surface area contributed by atoms with E-state index in [4.69, 9.17) is 14.2 Å². The normalized spacial score (nSPS) is 18.1. The molecule has 0 spiro atoms. The Balaban J connectivity index is 1.51. The number of carbonyl (C=O) groups excluding carboxylic acids is 2. The number of amides is 1. The van der Waals surface area contributed by atoms with E-state index in [0.29, 0.717) is 33.9 Å². The number of aliphatic hydroxyl groups excluding tert-OH is 1. The Morgan fingerprint density at radius 1 is 1.05 bits per heavy atom. The van der Waals surface area contributed by atoms with E-state index in [2.05, 4.69) is 9.97 Å². The molecule has 0 radical (unpaired) electrons. The van der Waals surface area contributed by atoms with E-state index in [-0.39, 0.29) is 30.2 Å². The van der Waals surface area contributed by atoms with Crippen LogP contribution in [-0.4, -0.2) is 39.7 Å². The van der Waals surface area contributed by atoms with Crippen molar-refractivity contribution in [1.29, 1.82) is 0 Å². The Kier molecular flexibility index (Phi) is 5.56. The first-order chi connectivity index (χ1) is 18.3. The van der Waals surface area contributed by atoms with Crippen LogP contribution in [-0.2, 0) is 9.59 Å². The number of H-pyrrole nitrogens is 1. The van der Waals surface area contributed by atoms with Crippen molar-refractivity contribution >= 4 is 34.4 Å². The van der Waals surface area contributed by atoms with Crippen molar-refractivity contribution < 1.29 is 28.9 Å². The second-order valence-electron chi connectivity index (χ2n) is 9.55. The number of nitrogens with one attached hydrogen (secondary N) is 1. The van der Waals surface area contributed by atoms with Gasteiger partial charge in [-0.15, -0.1) is 0 Å². The van der Waals surface area contributed by atoms with E-state index in [1.165, 1.54) is 4.90 Å². The molecule has 1 unspecified atom stereocenters. The van der Waals surface area contributed by atoms with Gasteiger partial charge in [0.15, 0.2) is 11.5 Å². The van der Waals surface area contributed by atoms with E-state index < -0.39 is 17.7 Å². The maximum atomic E-state index is 13.5. The van der Waals surface area contributed by atoms with E-state index in [9.17, 15) is 14.7 Å². The molecule has 1 atom stereocenters. The van der Waals surface area contributed by atoms with Crippen molar-refractivity contribution in [3.8, 4) is 17.2 Å². The van der Waals surface area contributed by atoms with E-state index in [0.717, 1.165) is 11.1 Å². The van der Waals surface area contributed by atoms with Crippen LogP contribution in [0.5, 0.6) is 17.2 Å². The van der Waals surface area contributed by atoms with Gasteiger partial charge in [-0.2, -0.15) is 0 Å². The van der Waals surface area contributed by atoms with Crippen LogP contribution < -0.4 is 19.1 Å². The highest BCUT2D eigenvalue weighted by Crippen LogP contribution is 2.43. The number of aromatic amines is 1. The highest BCUT2D eigenvalue weighted by molar-refractivity contribution is 6.51. The molecule has 3 heterocycles. The van der Waals surface area contributed by atoms with Gasteiger partial charge in [-0.05, 0) is 74.4 Å². The molecular formula is C29H25N3O6. The van der Waals surface area contributed by atoms with Crippen LogP contribution >= 0.6 is 0 Å². The summed E-state index contributed by atoms with van der Waals surface area (Å²) >= 11 is 0. The minimum atomic E-state index is -0.935. The van der Waals surface area contributed by atoms with Crippen molar-refractivity contribution in [2.45, 2.75) is 32.9 Å². The SMILES string of the molecule is Cc1ccc2nc(N3C(=O)C(=O)/C(=C(/O)c4ccc5c(c4)OCO5)C3c3ccc(OC(C)C)cc3)[nH]c2c1. The van der Waals surface area contributed by atoms with Crippen molar-refractivity contribution in [2.24, 2.45) is 0 Å². The number of anilines is 1. The number of ketones is 1. The minimum Gasteiger partial charge on any atom is -0.507 e. The molecule has 9 nitrogen and oxygen atoms in total. The second-order valence-corrected chi connectivity index (χ2v) is 9.55. The Hall–Kier alpha value is -4.79. The molecule has 3 aromatic carbocycles. The zero-order valence-electron chi connectivity index (χ0n) is 21.0. The lowest BCUT2D eigenvalue weighted by Crippen LogP contribution is -2.30. The lowest BCUT2D eigenvalue weighted by molar-refractivity contribution is -0.132. The molecule has 1 fully saturated rings. The topological polar surface area (TPSA) is 114 Å². The number of aromatic nitrogens is 2. The van der Waals surface area contributed by atoms with Crippen LogP contribution in [0.2, 0.25) is 0 Å². The molecule has 0 aliphatic carbocycles. The zero-order chi connectivity index (χ0) is 26.6. The quantitative estimate of drug-likeness (QED) is 0.220. The zero-order valence-corrected chi connectivity index (χ0v) is 21.0. The molecule has 0 bridgehead atoms. The summed E-state index contributed by atoms with van der Waals surface area (Å²) < 4.78 is 16.6. The minimum absolute atomic E-state index is 0.0171. The third-order valence-electron chi connectivity index (χ3n) is 6.51. The van der Waals surface area contributed by atoms with Crippen LogP contribution in [0.4, 0.5) is 5.95 Å². The summed E-state index contributed by atoms with van der Waals surface area (Å²) in [4.78, 5) is 36.0. The van der Waals surface area contributed by atoms with Gasteiger partial charge in [-0.25, -0.2) is 4.98 Å². The Morgan fingerprint density at radius 3 is 2.58 bits per heavy atom. The van der Waals surface area contributed by atoms with Gasteiger partial charge in [0.05, 0.1) is 28.8 Å². The van der Waals surface area contributed by atoms with Crippen molar-refractivity contribution in [1.82, 2.24) is 9.97 Å². The molecule has 2 N–H and O–H groups in total. The Bertz CT molecular complexity index is 1620. The first-order valence-electron chi connectivity index (χ1n) is 12.2. The number of benzene rings is 3. The monoisotopic (exact) mass is 511 g/mol. The number of rotatable bonds is 5. The van der Waals surface area contributed by atoms with Gasteiger partial charge in [0.1, 0.15) is 11.5 Å². The average molecular weight is 512 g/mol. The molecule has 0 saturated carbocycles. The first-order valence-corrected chi connectivity index (χ1v) is 12.2. The van der Waals surface area contributed by atoms with Gasteiger partial charge in [-0.3, -0.25) is 14.5 Å². The Morgan fingerprint density at radius 2 is 1.82 bits per heavy atom. The number of imidazole rings is 1. The molecule has 9 heteroatoms. The summed E-state index contributed by atoms with van der Waals surface area (Å²) in [5, 5.41) is 11.4. The first kappa shape index (κ1) is 23.6. The van der Waals surface area contributed by atoms with Gasteiger partial charge in [0, 0.05) is 5.56 Å². The van der Waals surface area contributed by atoms with Crippen LogP contribution in [0, 0.1) is 6.92 Å². The van der Waals surface area contributed by atoms with Gasteiger partial charge in [0.2, 0.25) is 12.7 Å². The van der Waals surface area contributed by atoms with Crippen LogP contribution in [0.3, 0.4) is 0 Å². The average Bonchev–Trinajstić information content (AvgIpc) is 3.59. The summed E-state index contributed by atoms with van der Waals surface area (Å²) in [6.45, 7) is 5.88. The third-order valence-corrected chi connectivity index (χ3v) is 6.51. The summed E-state index contributed by atoms with van der Waals surface area (Å²) in [6, 6.07) is 16.7. The number of Topliss-reactive ketones (excluding diaryl/α,β-unsaturated/α-hetero) is 1. The molecule has 2 aliphatic heterocycles. The fourth-order valence-corrected chi connectivity index (χ4v) is 4.79. The summed E-state index contributed by atoms with van der Waals surface area (Å²) in [6.07, 6.45) is -0.0171. The van der Waals surface area contributed by atoms with Gasteiger partial charge in [-0.1, -0.05) is 18.2 Å². The lowest BCUT2D eigenvalue weighted by atomic mass is 9.95. The van der Waals surface area contributed by atoms with E-state index in [1.54, 1.807) is 42.5 Å². The van der Waals surface area contributed by atoms with Crippen molar-refractivity contribution in [2.75, 3.05) is 11.7 Å². The summed E-state index contributed by atoms with van der Waals surface area (Å²) in [5.74, 6) is -0.0799. The number of hydrogen-bond acceptors (Lipinski definition) is 7. The second kappa shape index (κ2) is 8.95. The smallest absolute Gasteiger partial charge is 0.302 e. The largest absolute Gasteiger partial charge is 0.507 e. The van der Waals surface area contributed by atoms with Crippen molar-refractivity contribution in [3.63, 3.8) is 0 Å². The molecule has 6 rings (SSSR count). The molecule has 4 aromatic rings. The maximum absolute atomic E-state index is 13.5. The summed E-state index contributed by atoms with van der Waals surface area (Å²) in [5.41, 5.74) is 3.30. The van der Waals surface area contributed by atoms with E-state index >= 15 is 0 Å². The van der Waals surface area contributed by atoms with Gasteiger partial charge < -0.3 is 24.3 Å². The highest BCUT2D eigenvalue weighted by atomic mass is 16.7. The Labute approximate surface area is 218 Å². The number of aliphatic hydroxyl groups is 1. The summed E-state index contributed by atoms with van der Waals surface area (Å²) in [7, 11) is 0. The van der Waals surface area contributed by atoms with Crippen LogP contribution in [0.1, 0.15) is 36.6 Å². The fourth-order valence-electron chi connectivity index (χ4n) is 4.79. The number of nitrogens with zero attached hydrogens (tertiary/aromatic N) is 2. The number of hydrogen-bond donors (Lipinski definition) is 2. The maximum Gasteiger partial charge on any atom is 0.302 e. The van der Waals surface area contributed by atoms with E-state index in [1.807, 2.05) is 39.0 Å². The number of fused-ring (bicyclic) bond motifs is 2. The predicted octanol–water partition coefficient (Wildman–Crippen LogP) is 5.01. The number of aryl methyl sites for hydroxylation is 1. The molecule has 1 saturated heterocycles. The molecular weight excluding hydrogens is 486 g/mol. The molecule has 1 aromatic heterocycles. The molecule has 192 valence electrons. The standard InChI is InChI=1S/C29H25N3O6/c1-15(2)38-19-8-5-17(6-9-19)25-24(26(33)18-7-11-22-23(13-18)37-14-36-22)27(34)28(35)32(25)29-30-20-10-4-16(3)12-21(20)31-29/h4-13,15,25,33H,14H2,1-3H3,(H,30,31)/b26-24+. The number of ether oxygens (including phenoxy) is 3. The predicted molar refractivity (Wildman–Crippen MR) is 140 cm³/mol. The molecule has 38 heavy (non-hydrogen) atoms. The number of carbonyl (C=O) groups is 2. The third kappa shape index (κ3) is 3.92. The lowest BCUT2D eigenvalue weighted by Gasteiger charge is -2.23. The highest BCUT2D eigenvalue weighted by Gasteiger charge is 2.48. The fraction of sp³-hybridized carbons (Fsp3) is 0.207. The van der Waals surface area contributed by atoms with Crippen LogP contribution in [0.25, 0.3) is 16.8 Å². The van der Waals surface area contributed by atoms with Gasteiger partial charge >= 0.3 is 5.91 Å². The van der Waals surface area contributed by atoms with Crippen LogP contribution in [0.15, 0.2) is 66.2 Å². The molecule has 1 amide bonds. The van der Waals surface area contributed by atoms with Crippen molar-refractivity contribution in [3.05, 3.63) is 82.9 Å². The van der Waals surface area contributed by atoms with Gasteiger partial charge in [0.25, 0.3) is 5.78 Å². The molecule has 2 aliphatic rings.